The van der Waals surface area contributed by atoms with E-state index in [0.29, 0.717) is 13.2 Å². The molecule has 3 rings (SSSR count). The van der Waals surface area contributed by atoms with Crippen LogP contribution in [0.1, 0.15) is 19.4 Å². The highest BCUT2D eigenvalue weighted by molar-refractivity contribution is 6.76. The molecule has 32 heavy (non-hydrogen) atoms. The summed E-state index contributed by atoms with van der Waals surface area (Å²) in [7, 11) is -1.35. The lowest BCUT2D eigenvalue weighted by molar-refractivity contribution is -0.198. The molecule has 1 aromatic rings. The van der Waals surface area contributed by atoms with E-state index >= 15 is 0 Å². The summed E-state index contributed by atoms with van der Waals surface area (Å²) in [4.78, 5) is 19.0. The lowest BCUT2D eigenvalue weighted by Crippen LogP contribution is -2.56. The van der Waals surface area contributed by atoms with Gasteiger partial charge in [0, 0.05) is 14.0 Å². The molecule has 8 heteroatoms. The summed E-state index contributed by atoms with van der Waals surface area (Å²) in [6.45, 7) is 15.0. The third-order valence-corrected chi connectivity index (χ3v) is 7.90. The fourth-order valence-electron chi connectivity index (χ4n) is 4.12. The Hall–Kier alpha value is -1.71. The van der Waals surface area contributed by atoms with Crippen LogP contribution >= 0.6 is 0 Å². The molecule has 2 aliphatic heterocycles. The minimum absolute atomic E-state index is 0.250. The zero-order valence-corrected chi connectivity index (χ0v) is 20.8. The van der Waals surface area contributed by atoms with Crippen LogP contribution in [0.5, 0.6) is 0 Å². The van der Waals surface area contributed by atoms with Gasteiger partial charge < -0.3 is 19.3 Å². The van der Waals surface area contributed by atoms with Gasteiger partial charge >= 0.3 is 6.09 Å². The Morgan fingerprint density at radius 3 is 2.59 bits per heavy atom. The highest BCUT2D eigenvalue weighted by Crippen LogP contribution is 2.39. The minimum Gasteiger partial charge on any atom is -0.448 e. The maximum absolute atomic E-state index is 13.0. The first-order valence-corrected chi connectivity index (χ1v) is 15.1. The summed E-state index contributed by atoms with van der Waals surface area (Å²) in [5.41, 5.74) is 1.04. The van der Waals surface area contributed by atoms with Crippen molar-refractivity contribution in [1.82, 2.24) is 5.06 Å². The number of aliphatic hydroxyl groups excluding tert-OH is 1. The predicted molar refractivity (Wildman–Crippen MR) is 125 cm³/mol. The van der Waals surface area contributed by atoms with Crippen LogP contribution in [-0.2, 0) is 25.7 Å². The Morgan fingerprint density at radius 1 is 1.28 bits per heavy atom. The molecule has 0 radical (unpaired) electrons. The molecule has 2 aliphatic rings. The summed E-state index contributed by atoms with van der Waals surface area (Å²) in [6.07, 6.45) is -1.59. The number of carbonyl (C=O) groups excluding carboxylic acids is 1. The van der Waals surface area contributed by atoms with Gasteiger partial charge in [-0.05, 0) is 18.5 Å². The molecule has 7 nitrogen and oxygen atoms in total. The van der Waals surface area contributed by atoms with Crippen molar-refractivity contribution >= 4 is 14.2 Å². The van der Waals surface area contributed by atoms with Crippen molar-refractivity contribution in [1.29, 1.82) is 0 Å². The van der Waals surface area contributed by atoms with Crippen molar-refractivity contribution in [3.8, 4) is 0 Å². The van der Waals surface area contributed by atoms with E-state index < -0.39 is 44.6 Å². The normalized spacial score (nSPS) is 31.1. The molecule has 0 saturated carbocycles. The van der Waals surface area contributed by atoms with E-state index in [4.69, 9.17) is 19.0 Å². The number of hydrogen-bond donors (Lipinski definition) is 1. The molecule has 0 spiro atoms. The van der Waals surface area contributed by atoms with Crippen LogP contribution in [0.15, 0.2) is 43.0 Å². The number of nitrogens with zero attached hydrogens (tertiary/aromatic N) is 1. The molecule has 2 heterocycles. The highest BCUT2D eigenvalue weighted by Gasteiger charge is 2.57. The van der Waals surface area contributed by atoms with E-state index in [2.05, 4.69) is 26.2 Å². The molecular weight excluding hydrogens is 426 g/mol. The number of fused-ring (bicyclic) bond motifs is 1. The van der Waals surface area contributed by atoms with E-state index in [1.807, 2.05) is 44.2 Å². The van der Waals surface area contributed by atoms with Gasteiger partial charge in [-0.15, -0.1) is 6.58 Å². The van der Waals surface area contributed by atoms with Gasteiger partial charge in [0.2, 0.25) is 0 Å². The molecule has 1 amide bonds. The van der Waals surface area contributed by atoms with Crippen molar-refractivity contribution in [3.63, 3.8) is 0 Å². The number of hydroxylamine groups is 2. The second-order valence-electron chi connectivity index (χ2n) is 9.96. The lowest BCUT2D eigenvalue weighted by atomic mass is 9.84. The Balaban J connectivity index is 1.76. The first kappa shape index (κ1) is 24.9. The van der Waals surface area contributed by atoms with Gasteiger partial charge in [-0.3, -0.25) is 4.84 Å². The largest absolute Gasteiger partial charge is 0.448 e. The van der Waals surface area contributed by atoms with E-state index in [1.54, 1.807) is 6.08 Å². The topological polar surface area (TPSA) is 77.5 Å². The summed E-state index contributed by atoms with van der Waals surface area (Å²) >= 11 is 0. The second kappa shape index (κ2) is 10.5. The maximum atomic E-state index is 13.0. The molecular formula is C24H37NO6Si. The monoisotopic (exact) mass is 463 g/mol. The lowest BCUT2D eigenvalue weighted by Gasteiger charge is -2.39. The van der Waals surface area contributed by atoms with Gasteiger partial charge in [0.1, 0.15) is 24.4 Å². The molecule has 7 atom stereocenters. The van der Waals surface area contributed by atoms with Crippen LogP contribution in [0.25, 0.3) is 0 Å². The summed E-state index contributed by atoms with van der Waals surface area (Å²) < 4.78 is 17.9. The van der Waals surface area contributed by atoms with Crippen LogP contribution in [-0.4, -0.2) is 67.5 Å². The fraction of sp³-hybridized carbons (Fsp3) is 0.625. The first-order chi connectivity index (χ1) is 15.1. The van der Waals surface area contributed by atoms with E-state index in [-0.39, 0.29) is 12.0 Å². The zero-order valence-electron chi connectivity index (χ0n) is 19.8. The summed E-state index contributed by atoms with van der Waals surface area (Å²) in [5.74, 6) is -0.250. The molecule has 1 N–H and O–H groups in total. The smallest absolute Gasteiger partial charge is 0.434 e. The van der Waals surface area contributed by atoms with Gasteiger partial charge in [-0.1, -0.05) is 63.0 Å². The van der Waals surface area contributed by atoms with E-state index in [9.17, 15) is 9.90 Å². The van der Waals surface area contributed by atoms with Crippen molar-refractivity contribution in [2.45, 2.75) is 82.7 Å². The van der Waals surface area contributed by atoms with Gasteiger partial charge in [0.15, 0.2) is 0 Å². The number of amides is 1. The Bertz CT molecular complexity index is 770. The zero-order chi connectivity index (χ0) is 23.5. The van der Waals surface area contributed by atoms with Gasteiger partial charge in [-0.2, -0.15) is 5.06 Å². The molecule has 1 aromatic carbocycles. The van der Waals surface area contributed by atoms with Crippen molar-refractivity contribution in [2.75, 3.05) is 6.61 Å². The maximum Gasteiger partial charge on any atom is 0.434 e. The van der Waals surface area contributed by atoms with Crippen LogP contribution in [0.2, 0.25) is 25.7 Å². The van der Waals surface area contributed by atoms with Gasteiger partial charge in [-0.25, -0.2) is 4.79 Å². The summed E-state index contributed by atoms with van der Waals surface area (Å²) in [6, 6.07) is 10.2. The Labute approximate surface area is 192 Å². The van der Waals surface area contributed by atoms with Crippen LogP contribution in [0, 0.1) is 5.92 Å². The molecule has 0 aromatic heterocycles. The molecule has 2 fully saturated rings. The minimum atomic E-state index is -1.35. The standard InChI is InChI=1S/C24H37NO6Si/c1-7-19-21(26)16(2)22-23(30-19)20(17(3)29-15-18-11-9-8-10-12-18)25(31-22)24(27)28-13-14-32(4,5)6/h7-12,16-17,19-23,26H,1,13-15H2,2-6H3/t16-,17+,19?,20+,21+,22?,23+/m0/s1. The fourth-order valence-corrected chi connectivity index (χ4v) is 4.84. The van der Waals surface area contributed by atoms with Crippen molar-refractivity contribution in [2.24, 2.45) is 5.92 Å². The molecule has 0 aliphatic carbocycles. The third kappa shape index (κ3) is 5.79. The van der Waals surface area contributed by atoms with Crippen LogP contribution < -0.4 is 0 Å². The Kier molecular flexibility index (Phi) is 8.16. The number of aliphatic hydroxyl groups is 1. The Morgan fingerprint density at radius 2 is 1.97 bits per heavy atom. The van der Waals surface area contributed by atoms with Crippen molar-refractivity contribution < 1.29 is 28.9 Å². The third-order valence-electron chi connectivity index (χ3n) is 6.20. The van der Waals surface area contributed by atoms with E-state index in [0.717, 1.165) is 11.6 Å². The molecule has 178 valence electrons. The number of carbonyl (C=O) groups is 1. The van der Waals surface area contributed by atoms with E-state index in [1.165, 1.54) is 5.06 Å². The highest BCUT2D eigenvalue weighted by atomic mass is 28.3. The average molecular weight is 464 g/mol. The quantitative estimate of drug-likeness (QED) is 0.464. The van der Waals surface area contributed by atoms with Gasteiger partial charge in [0.25, 0.3) is 0 Å². The molecule has 2 unspecified atom stereocenters. The second-order valence-corrected chi connectivity index (χ2v) is 15.6. The van der Waals surface area contributed by atoms with Crippen LogP contribution in [0.4, 0.5) is 4.79 Å². The van der Waals surface area contributed by atoms with Crippen molar-refractivity contribution in [3.05, 3.63) is 48.6 Å². The molecule has 2 saturated heterocycles. The summed E-state index contributed by atoms with van der Waals surface area (Å²) in [5, 5.41) is 11.8. The number of benzene rings is 1. The SMILES string of the molecule is C=CC1O[C@H]2C(ON(C(=O)OCC[Si](C)(C)C)[C@@H]2[C@@H](C)OCc2ccccc2)[C@@H](C)[C@H]1O. The average Bonchev–Trinajstić information content (AvgIpc) is 3.14. The first-order valence-electron chi connectivity index (χ1n) is 11.4. The number of ether oxygens (including phenoxy) is 3. The molecule has 0 bridgehead atoms. The number of rotatable bonds is 8. The van der Waals surface area contributed by atoms with Gasteiger partial charge in [0.05, 0.1) is 25.4 Å². The van der Waals surface area contributed by atoms with Crippen LogP contribution in [0.3, 0.4) is 0 Å². The number of hydrogen-bond acceptors (Lipinski definition) is 6. The predicted octanol–water partition coefficient (Wildman–Crippen LogP) is 4.00.